The van der Waals surface area contributed by atoms with E-state index in [1.165, 1.54) is 5.69 Å². The van der Waals surface area contributed by atoms with Gasteiger partial charge in [0.15, 0.2) is 0 Å². The molecule has 1 amide bonds. The highest BCUT2D eigenvalue weighted by Gasteiger charge is 2.17. The van der Waals surface area contributed by atoms with Crippen LogP contribution < -0.4 is 15.0 Å². The number of hydrogen-bond donors (Lipinski definition) is 1. The van der Waals surface area contributed by atoms with E-state index in [-0.39, 0.29) is 12.5 Å². The van der Waals surface area contributed by atoms with Gasteiger partial charge in [-0.05, 0) is 42.9 Å². The summed E-state index contributed by atoms with van der Waals surface area (Å²) >= 11 is 0. The molecular formula is C27H28N4O2. The van der Waals surface area contributed by atoms with Crippen LogP contribution in [-0.2, 0) is 13.2 Å². The van der Waals surface area contributed by atoms with Gasteiger partial charge in [-0.25, -0.2) is 0 Å². The topological polar surface area (TPSA) is 68.6 Å². The van der Waals surface area contributed by atoms with Gasteiger partial charge in [-0.3, -0.25) is 4.79 Å². The first kappa shape index (κ1) is 22.4. The van der Waals surface area contributed by atoms with E-state index in [1.807, 2.05) is 36.4 Å². The fraction of sp³-hybridized carbons (Fsp3) is 0.259. The van der Waals surface area contributed by atoms with Crippen molar-refractivity contribution in [2.75, 3.05) is 38.1 Å². The van der Waals surface area contributed by atoms with Crippen molar-refractivity contribution < 1.29 is 9.53 Å². The first-order chi connectivity index (χ1) is 16.1. The van der Waals surface area contributed by atoms with E-state index in [4.69, 9.17) is 4.74 Å². The average molecular weight is 441 g/mol. The molecule has 3 aromatic rings. The molecule has 1 N–H and O–H groups in total. The van der Waals surface area contributed by atoms with Crippen LogP contribution in [0.1, 0.15) is 27.0 Å². The third-order valence-corrected chi connectivity index (χ3v) is 5.90. The molecule has 1 heterocycles. The summed E-state index contributed by atoms with van der Waals surface area (Å²) in [5.41, 5.74) is 4.23. The zero-order valence-corrected chi connectivity index (χ0v) is 18.8. The van der Waals surface area contributed by atoms with Crippen molar-refractivity contribution in [2.24, 2.45) is 0 Å². The Morgan fingerprint density at radius 2 is 1.70 bits per heavy atom. The number of piperazine rings is 1. The van der Waals surface area contributed by atoms with Crippen molar-refractivity contribution in [3.63, 3.8) is 0 Å². The Morgan fingerprint density at radius 1 is 0.970 bits per heavy atom. The minimum Gasteiger partial charge on any atom is -0.489 e. The number of rotatable bonds is 7. The lowest BCUT2D eigenvalue weighted by atomic mass is 10.1. The van der Waals surface area contributed by atoms with E-state index in [2.05, 4.69) is 40.4 Å². The van der Waals surface area contributed by atoms with Crippen LogP contribution in [0.2, 0.25) is 0 Å². The molecule has 0 radical (unpaired) electrons. The lowest BCUT2D eigenvalue weighted by molar-refractivity contribution is 0.0950. The molecule has 168 valence electrons. The number of carbonyl (C=O) groups is 1. The van der Waals surface area contributed by atoms with Gasteiger partial charge < -0.3 is 19.9 Å². The van der Waals surface area contributed by atoms with E-state index < -0.39 is 0 Å². The number of hydrogen-bond acceptors (Lipinski definition) is 5. The quantitative estimate of drug-likeness (QED) is 0.605. The second kappa shape index (κ2) is 10.7. The molecule has 0 aromatic heterocycles. The molecule has 1 aliphatic heterocycles. The van der Waals surface area contributed by atoms with Gasteiger partial charge in [0.05, 0.1) is 11.6 Å². The average Bonchev–Trinajstić information content (AvgIpc) is 2.87. The van der Waals surface area contributed by atoms with Gasteiger partial charge in [0.25, 0.3) is 5.91 Å². The van der Waals surface area contributed by atoms with Crippen molar-refractivity contribution in [3.05, 3.63) is 95.1 Å². The SMILES string of the molecule is CN1CCN(c2ccccc2CNC(=O)c2cccc(OCc3ccccc3C#N)c2)CC1. The summed E-state index contributed by atoms with van der Waals surface area (Å²) in [6, 6.07) is 24.9. The lowest BCUT2D eigenvalue weighted by Crippen LogP contribution is -2.45. The molecule has 6 nitrogen and oxygen atoms in total. The Morgan fingerprint density at radius 3 is 2.48 bits per heavy atom. The van der Waals surface area contributed by atoms with Gasteiger partial charge in [0, 0.05) is 49.5 Å². The molecule has 0 unspecified atom stereocenters. The second-order valence-electron chi connectivity index (χ2n) is 8.19. The third kappa shape index (κ3) is 5.71. The first-order valence-electron chi connectivity index (χ1n) is 11.1. The third-order valence-electron chi connectivity index (χ3n) is 5.90. The molecule has 1 saturated heterocycles. The lowest BCUT2D eigenvalue weighted by Gasteiger charge is -2.35. The summed E-state index contributed by atoms with van der Waals surface area (Å²) in [5.74, 6) is 0.444. The van der Waals surface area contributed by atoms with Gasteiger partial charge in [0.2, 0.25) is 0 Å². The molecule has 0 spiro atoms. The van der Waals surface area contributed by atoms with E-state index in [9.17, 15) is 10.1 Å². The molecule has 4 rings (SSSR count). The highest BCUT2D eigenvalue weighted by Crippen LogP contribution is 2.22. The van der Waals surface area contributed by atoms with Gasteiger partial charge in [0.1, 0.15) is 12.4 Å². The number of para-hydroxylation sites is 1. The second-order valence-corrected chi connectivity index (χ2v) is 8.19. The van der Waals surface area contributed by atoms with Crippen molar-refractivity contribution >= 4 is 11.6 Å². The molecule has 0 atom stereocenters. The van der Waals surface area contributed by atoms with E-state index in [0.29, 0.717) is 23.4 Å². The van der Waals surface area contributed by atoms with Crippen LogP contribution in [0.5, 0.6) is 5.75 Å². The predicted octanol–water partition coefficient (Wildman–Crippen LogP) is 3.82. The predicted molar refractivity (Wildman–Crippen MR) is 129 cm³/mol. The minimum absolute atomic E-state index is 0.147. The number of ether oxygens (including phenoxy) is 1. The largest absolute Gasteiger partial charge is 0.489 e. The Hall–Kier alpha value is -3.82. The van der Waals surface area contributed by atoms with Crippen LogP contribution in [0, 0.1) is 11.3 Å². The number of benzene rings is 3. The summed E-state index contributed by atoms with van der Waals surface area (Å²) in [6.07, 6.45) is 0. The van der Waals surface area contributed by atoms with Crippen molar-refractivity contribution in [3.8, 4) is 11.8 Å². The zero-order chi connectivity index (χ0) is 23.0. The van der Waals surface area contributed by atoms with E-state index in [1.54, 1.807) is 24.3 Å². The molecule has 3 aromatic carbocycles. The van der Waals surface area contributed by atoms with E-state index in [0.717, 1.165) is 37.3 Å². The minimum atomic E-state index is -0.147. The molecule has 0 saturated carbocycles. The van der Waals surface area contributed by atoms with Crippen molar-refractivity contribution in [2.45, 2.75) is 13.2 Å². The van der Waals surface area contributed by atoms with Gasteiger partial charge in [-0.2, -0.15) is 5.26 Å². The number of nitrogens with one attached hydrogen (secondary N) is 1. The standard InChI is InChI=1S/C27H28N4O2/c1-30-13-15-31(16-14-30)26-12-5-4-8-23(26)19-29-27(32)21-10-6-11-25(17-21)33-20-24-9-3-2-7-22(24)18-28/h2-12,17H,13-16,19-20H2,1H3,(H,29,32). The smallest absolute Gasteiger partial charge is 0.251 e. The molecule has 0 aliphatic carbocycles. The van der Waals surface area contributed by atoms with Crippen LogP contribution in [0.15, 0.2) is 72.8 Å². The monoisotopic (exact) mass is 440 g/mol. The van der Waals surface area contributed by atoms with Crippen LogP contribution in [0.4, 0.5) is 5.69 Å². The van der Waals surface area contributed by atoms with Gasteiger partial charge in [-0.15, -0.1) is 0 Å². The maximum Gasteiger partial charge on any atom is 0.251 e. The van der Waals surface area contributed by atoms with Crippen LogP contribution >= 0.6 is 0 Å². The normalized spacial score (nSPS) is 13.9. The fourth-order valence-corrected chi connectivity index (χ4v) is 3.94. The van der Waals surface area contributed by atoms with Crippen LogP contribution in [0.25, 0.3) is 0 Å². The molecule has 6 heteroatoms. The number of carbonyl (C=O) groups excluding carboxylic acids is 1. The number of anilines is 1. The Bertz CT molecular complexity index is 1150. The molecular weight excluding hydrogens is 412 g/mol. The summed E-state index contributed by atoms with van der Waals surface area (Å²) in [6.45, 7) is 4.76. The van der Waals surface area contributed by atoms with Crippen molar-refractivity contribution in [1.82, 2.24) is 10.2 Å². The number of nitriles is 1. The van der Waals surface area contributed by atoms with E-state index >= 15 is 0 Å². The van der Waals surface area contributed by atoms with Crippen LogP contribution in [0.3, 0.4) is 0 Å². The number of nitrogens with zero attached hydrogens (tertiary/aromatic N) is 3. The zero-order valence-electron chi connectivity index (χ0n) is 18.8. The van der Waals surface area contributed by atoms with Gasteiger partial charge >= 0.3 is 0 Å². The Balaban J connectivity index is 1.38. The maximum absolute atomic E-state index is 12.8. The summed E-state index contributed by atoms with van der Waals surface area (Å²) in [5, 5.41) is 12.3. The maximum atomic E-state index is 12.8. The fourth-order valence-electron chi connectivity index (χ4n) is 3.94. The number of likely N-dealkylation sites (N-methyl/N-ethyl adjacent to an activating group) is 1. The summed E-state index contributed by atoms with van der Waals surface area (Å²) in [7, 11) is 2.14. The highest BCUT2D eigenvalue weighted by molar-refractivity contribution is 5.94. The highest BCUT2D eigenvalue weighted by atomic mass is 16.5. The Kier molecular flexibility index (Phi) is 7.23. The number of amides is 1. The summed E-state index contributed by atoms with van der Waals surface area (Å²) < 4.78 is 5.85. The van der Waals surface area contributed by atoms with Crippen LogP contribution in [-0.4, -0.2) is 44.0 Å². The molecule has 1 aliphatic rings. The van der Waals surface area contributed by atoms with Crippen molar-refractivity contribution in [1.29, 1.82) is 5.26 Å². The molecule has 1 fully saturated rings. The Labute approximate surface area is 195 Å². The molecule has 33 heavy (non-hydrogen) atoms. The van der Waals surface area contributed by atoms with Gasteiger partial charge in [-0.1, -0.05) is 42.5 Å². The first-order valence-corrected chi connectivity index (χ1v) is 11.1. The summed E-state index contributed by atoms with van der Waals surface area (Å²) in [4.78, 5) is 17.6. The molecule has 0 bridgehead atoms.